The van der Waals surface area contributed by atoms with Crippen molar-refractivity contribution < 1.29 is 22.8 Å². The van der Waals surface area contributed by atoms with Gasteiger partial charge in [-0.3, -0.25) is 10.3 Å². The second-order valence-electron chi connectivity index (χ2n) is 2.82. The minimum Gasteiger partial charge on any atom is -0.303 e. The van der Waals surface area contributed by atoms with Crippen LogP contribution in [0.15, 0.2) is 24.3 Å². The maximum atomic E-state index is 12.3. The fourth-order valence-electron chi connectivity index (χ4n) is 0.967. The highest BCUT2D eigenvalue weighted by Crippen LogP contribution is 2.30. The Balaban J connectivity index is 2.54. The third-order valence-electron chi connectivity index (χ3n) is 1.66. The van der Waals surface area contributed by atoms with Gasteiger partial charge in [0.05, 0.1) is 18.4 Å². The molecule has 0 spiro atoms. The zero-order valence-electron chi connectivity index (χ0n) is 8.47. The van der Waals surface area contributed by atoms with E-state index in [1.807, 2.05) is 0 Å². The molecule has 0 heterocycles. The minimum atomic E-state index is -4.36. The van der Waals surface area contributed by atoms with Gasteiger partial charge in [-0.25, -0.2) is 0 Å². The molecule has 0 saturated heterocycles. The first-order valence-corrected chi connectivity index (χ1v) is 4.35. The minimum absolute atomic E-state index is 0.00669. The van der Waals surface area contributed by atoms with Crippen molar-refractivity contribution in [1.82, 2.24) is 5.48 Å². The summed E-state index contributed by atoms with van der Waals surface area (Å²) in [6.07, 6.45) is -4.36. The van der Waals surface area contributed by atoms with E-state index in [4.69, 9.17) is 4.84 Å². The standard InChI is InChI=1S/C9H11F3N2O2/c1-15-13-6-16-14-8-4-2-3-7(5-8)9(10,11)12/h2-5,13-14H,6H2,1H3. The van der Waals surface area contributed by atoms with Crippen LogP contribution in [0.5, 0.6) is 0 Å². The second kappa shape index (κ2) is 5.69. The Labute approximate surface area is 90.3 Å². The van der Waals surface area contributed by atoms with Gasteiger partial charge in [0.1, 0.15) is 6.73 Å². The molecule has 7 heteroatoms. The number of halogens is 3. The van der Waals surface area contributed by atoms with Crippen molar-refractivity contribution in [2.24, 2.45) is 0 Å². The Morgan fingerprint density at radius 2 is 2.06 bits per heavy atom. The highest BCUT2D eigenvalue weighted by atomic mass is 19.4. The van der Waals surface area contributed by atoms with Crippen molar-refractivity contribution in [3.05, 3.63) is 29.8 Å². The number of anilines is 1. The lowest BCUT2D eigenvalue weighted by Gasteiger charge is -2.10. The normalized spacial score (nSPS) is 11.5. The summed E-state index contributed by atoms with van der Waals surface area (Å²) in [5.74, 6) is 0. The number of alkyl halides is 3. The van der Waals surface area contributed by atoms with Gasteiger partial charge in [0.25, 0.3) is 0 Å². The molecule has 90 valence electrons. The highest BCUT2D eigenvalue weighted by Gasteiger charge is 2.30. The summed E-state index contributed by atoms with van der Waals surface area (Å²) < 4.78 is 36.9. The molecule has 0 aliphatic rings. The monoisotopic (exact) mass is 236 g/mol. The van der Waals surface area contributed by atoms with Crippen LogP contribution in [0.1, 0.15) is 5.56 Å². The zero-order chi connectivity index (χ0) is 12.0. The molecule has 0 saturated carbocycles. The summed E-state index contributed by atoms with van der Waals surface area (Å²) in [6, 6.07) is 4.69. The third kappa shape index (κ3) is 4.05. The first-order chi connectivity index (χ1) is 7.54. The van der Waals surface area contributed by atoms with E-state index in [9.17, 15) is 13.2 Å². The molecular weight excluding hydrogens is 225 g/mol. The SMILES string of the molecule is CONCONc1cccc(C(F)(F)F)c1. The molecule has 0 amide bonds. The third-order valence-corrected chi connectivity index (χ3v) is 1.66. The lowest BCUT2D eigenvalue weighted by molar-refractivity contribution is -0.137. The van der Waals surface area contributed by atoms with E-state index >= 15 is 0 Å². The molecule has 16 heavy (non-hydrogen) atoms. The van der Waals surface area contributed by atoms with Crippen LogP contribution >= 0.6 is 0 Å². The molecule has 0 radical (unpaired) electrons. The molecule has 0 unspecified atom stereocenters. The fourth-order valence-corrected chi connectivity index (χ4v) is 0.967. The molecule has 0 aliphatic heterocycles. The van der Waals surface area contributed by atoms with Crippen LogP contribution in [-0.2, 0) is 15.9 Å². The summed E-state index contributed by atoms with van der Waals surface area (Å²) in [5, 5.41) is 0. The Kier molecular flexibility index (Phi) is 4.53. The molecule has 0 bridgehead atoms. The van der Waals surface area contributed by atoms with E-state index < -0.39 is 11.7 Å². The van der Waals surface area contributed by atoms with Gasteiger partial charge in [0.2, 0.25) is 0 Å². The van der Waals surface area contributed by atoms with E-state index in [1.165, 1.54) is 19.2 Å². The van der Waals surface area contributed by atoms with Gasteiger partial charge in [-0.05, 0) is 18.2 Å². The first-order valence-electron chi connectivity index (χ1n) is 4.35. The summed E-state index contributed by atoms with van der Waals surface area (Å²) >= 11 is 0. The van der Waals surface area contributed by atoms with E-state index in [2.05, 4.69) is 15.8 Å². The first kappa shape index (κ1) is 12.8. The number of hydrogen-bond donors (Lipinski definition) is 2. The van der Waals surface area contributed by atoms with Gasteiger partial charge in [-0.15, -0.1) is 0 Å². The number of nitrogens with one attached hydrogen (secondary N) is 2. The lowest BCUT2D eigenvalue weighted by atomic mass is 10.2. The maximum absolute atomic E-state index is 12.3. The van der Waals surface area contributed by atoms with Crippen molar-refractivity contribution in [1.29, 1.82) is 0 Å². The molecule has 1 aromatic rings. The Bertz CT molecular complexity index is 331. The molecule has 0 atom stereocenters. The molecule has 1 aromatic carbocycles. The second-order valence-corrected chi connectivity index (χ2v) is 2.82. The predicted molar refractivity (Wildman–Crippen MR) is 51.2 cm³/mol. The summed E-state index contributed by atoms with van der Waals surface area (Å²) in [5.41, 5.74) is 4.19. The van der Waals surface area contributed by atoms with Gasteiger partial charge in [0, 0.05) is 0 Å². The zero-order valence-corrected chi connectivity index (χ0v) is 8.47. The van der Waals surface area contributed by atoms with Crippen LogP contribution in [0.4, 0.5) is 18.9 Å². The Hall–Kier alpha value is -1.31. The number of benzene rings is 1. The summed E-state index contributed by atoms with van der Waals surface area (Å²) in [4.78, 5) is 9.24. The molecule has 0 aliphatic carbocycles. The summed E-state index contributed by atoms with van der Waals surface area (Å²) in [6.45, 7) is 0.00669. The van der Waals surface area contributed by atoms with Crippen molar-refractivity contribution in [2.45, 2.75) is 6.18 Å². The number of hydrogen-bond acceptors (Lipinski definition) is 4. The van der Waals surface area contributed by atoms with Gasteiger partial charge in [-0.1, -0.05) is 6.07 Å². The number of rotatable bonds is 5. The van der Waals surface area contributed by atoms with Crippen LogP contribution in [0.3, 0.4) is 0 Å². The maximum Gasteiger partial charge on any atom is 0.416 e. The van der Waals surface area contributed by atoms with E-state index in [-0.39, 0.29) is 12.4 Å². The van der Waals surface area contributed by atoms with E-state index in [1.54, 1.807) is 0 Å². The van der Waals surface area contributed by atoms with E-state index in [0.29, 0.717) is 0 Å². The Morgan fingerprint density at radius 1 is 1.31 bits per heavy atom. The topological polar surface area (TPSA) is 42.5 Å². The average molecular weight is 236 g/mol. The van der Waals surface area contributed by atoms with Crippen molar-refractivity contribution in [3.63, 3.8) is 0 Å². The highest BCUT2D eigenvalue weighted by molar-refractivity contribution is 5.44. The van der Waals surface area contributed by atoms with Crippen molar-refractivity contribution >= 4 is 5.69 Å². The molecule has 0 aromatic heterocycles. The smallest absolute Gasteiger partial charge is 0.303 e. The predicted octanol–water partition coefficient (Wildman–Crippen LogP) is 2.16. The van der Waals surface area contributed by atoms with Gasteiger partial charge >= 0.3 is 6.18 Å². The largest absolute Gasteiger partial charge is 0.416 e. The molecule has 2 N–H and O–H groups in total. The van der Waals surface area contributed by atoms with E-state index in [0.717, 1.165) is 12.1 Å². The van der Waals surface area contributed by atoms with Crippen LogP contribution < -0.4 is 11.0 Å². The van der Waals surface area contributed by atoms with Gasteiger partial charge in [0.15, 0.2) is 0 Å². The molecule has 1 rings (SSSR count). The summed E-state index contributed by atoms with van der Waals surface area (Å²) in [7, 11) is 1.40. The van der Waals surface area contributed by atoms with Gasteiger partial charge in [-0.2, -0.15) is 18.7 Å². The number of hydroxylamine groups is 1. The fraction of sp³-hybridized carbons (Fsp3) is 0.333. The van der Waals surface area contributed by atoms with Crippen LogP contribution in [0, 0.1) is 0 Å². The molecule has 4 nitrogen and oxygen atoms in total. The lowest BCUT2D eigenvalue weighted by Crippen LogP contribution is -2.18. The van der Waals surface area contributed by atoms with Crippen LogP contribution in [0.25, 0.3) is 0 Å². The quantitative estimate of drug-likeness (QED) is 0.467. The molecule has 0 fully saturated rings. The average Bonchev–Trinajstić information content (AvgIpc) is 2.24. The van der Waals surface area contributed by atoms with Crippen molar-refractivity contribution in [2.75, 3.05) is 19.3 Å². The molecular formula is C9H11F3N2O2. The Morgan fingerprint density at radius 3 is 2.69 bits per heavy atom. The van der Waals surface area contributed by atoms with Crippen LogP contribution in [0.2, 0.25) is 0 Å². The van der Waals surface area contributed by atoms with Gasteiger partial charge < -0.3 is 4.84 Å². The van der Waals surface area contributed by atoms with Crippen molar-refractivity contribution in [3.8, 4) is 0 Å². The van der Waals surface area contributed by atoms with Crippen LogP contribution in [-0.4, -0.2) is 13.8 Å².